The molecule has 0 radical (unpaired) electrons. The van der Waals surface area contributed by atoms with Gasteiger partial charge >= 0.3 is 0 Å². The number of benzene rings is 1. The topological polar surface area (TPSA) is 63.8 Å². The maximum atomic E-state index is 5.64. The second kappa shape index (κ2) is 5.14. The Morgan fingerprint density at radius 1 is 1.29 bits per heavy atom. The number of nitrogens with two attached hydrogens (primary N) is 1. The minimum absolute atomic E-state index is 0.444. The molecule has 1 heterocycles. The zero-order chi connectivity index (χ0) is 12.3. The maximum absolute atomic E-state index is 5.64. The third-order valence-electron chi connectivity index (χ3n) is 2.41. The smallest absolute Gasteiger partial charge is 0.225 e. The summed E-state index contributed by atoms with van der Waals surface area (Å²) in [6, 6.07) is 9.85. The van der Waals surface area contributed by atoms with E-state index in [4.69, 9.17) is 5.73 Å². The average molecular weight is 293 g/mol. The van der Waals surface area contributed by atoms with Gasteiger partial charge in [0.05, 0.1) is 0 Å². The molecule has 0 aliphatic heterocycles. The van der Waals surface area contributed by atoms with E-state index < -0.39 is 0 Å². The predicted octanol–water partition coefficient (Wildman–Crippen LogP) is 2.74. The number of halogens is 1. The lowest BCUT2D eigenvalue weighted by molar-refractivity contribution is 1.04. The minimum Gasteiger partial charge on any atom is -0.383 e. The van der Waals surface area contributed by atoms with Gasteiger partial charge in [-0.15, -0.1) is 0 Å². The summed E-state index contributed by atoms with van der Waals surface area (Å²) in [7, 11) is 0. The maximum Gasteiger partial charge on any atom is 0.225 e. The van der Waals surface area contributed by atoms with E-state index in [0.29, 0.717) is 22.9 Å². The molecule has 0 unspecified atom stereocenters. The fourth-order valence-electron chi connectivity index (χ4n) is 1.50. The molecule has 0 aliphatic carbocycles. The molecule has 88 valence electrons. The Bertz CT molecular complexity index is 507. The zero-order valence-electron chi connectivity index (χ0n) is 9.44. The van der Waals surface area contributed by atoms with Gasteiger partial charge < -0.3 is 11.1 Å². The molecule has 0 saturated heterocycles. The number of aryl methyl sites for hydroxylation is 1. The number of anilines is 2. The van der Waals surface area contributed by atoms with E-state index in [0.717, 1.165) is 0 Å². The van der Waals surface area contributed by atoms with Gasteiger partial charge in [0.25, 0.3) is 0 Å². The number of hydrogen-bond acceptors (Lipinski definition) is 4. The van der Waals surface area contributed by atoms with Gasteiger partial charge in [-0.05, 0) is 34.0 Å². The van der Waals surface area contributed by atoms with Crippen LogP contribution in [0.4, 0.5) is 11.8 Å². The van der Waals surface area contributed by atoms with Gasteiger partial charge in [-0.3, -0.25) is 0 Å². The molecule has 5 heteroatoms. The molecule has 0 bridgehead atoms. The molecule has 0 saturated carbocycles. The van der Waals surface area contributed by atoms with Crippen LogP contribution >= 0.6 is 15.9 Å². The van der Waals surface area contributed by atoms with Crippen molar-refractivity contribution in [2.75, 3.05) is 11.1 Å². The third-order valence-corrected chi connectivity index (χ3v) is 2.82. The van der Waals surface area contributed by atoms with Gasteiger partial charge in [-0.2, -0.15) is 4.98 Å². The van der Waals surface area contributed by atoms with Crippen LogP contribution in [-0.2, 0) is 6.54 Å². The lowest BCUT2D eigenvalue weighted by Gasteiger charge is -2.08. The van der Waals surface area contributed by atoms with Crippen molar-refractivity contribution in [1.82, 2.24) is 9.97 Å². The molecule has 0 atom stereocenters. The van der Waals surface area contributed by atoms with Crippen LogP contribution in [0, 0.1) is 6.92 Å². The number of aromatic nitrogens is 2. The van der Waals surface area contributed by atoms with E-state index in [1.807, 2.05) is 12.1 Å². The molecule has 2 rings (SSSR count). The molecule has 0 fully saturated rings. The van der Waals surface area contributed by atoms with E-state index in [2.05, 4.69) is 50.3 Å². The molecule has 0 aliphatic rings. The summed E-state index contributed by atoms with van der Waals surface area (Å²) in [6.07, 6.45) is 0. The van der Waals surface area contributed by atoms with Gasteiger partial charge in [0.1, 0.15) is 10.4 Å². The van der Waals surface area contributed by atoms with Crippen LogP contribution in [0.1, 0.15) is 11.1 Å². The second-order valence-corrected chi connectivity index (χ2v) is 4.53. The van der Waals surface area contributed by atoms with Gasteiger partial charge in [0, 0.05) is 12.6 Å². The van der Waals surface area contributed by atoms with E-state index in [9.17, 15) is 0 Å². The fourth-order valence-corrected chi connectivity index (χ4v) is 1.90. The van der Waals surface area contributed by atoms with Crippen molar-refractivity contribution in [2.24, 2.45) is 0 Å². The monoisotopic (exact) mass is 292 g/mol. The first-order chi connectivity index (χ1) is 8.15. The Hall–Kier alpha value is -1.62. The summed E-state index contributed by atoms with van der Waals surface area (Å²) < 4.78 is 0.678. The fraction of sp³-hybridized carbons (Fsp3) is 0.167. The lowest BCUT2D eigenvalue weighted by Crippen LogP contribution is -2.06. The average Bonchev–Trinajstić information content (AvgIpc) is 2.27. The summed E-state index contributed by atoms with van der Waals surface area (Å²) >= 11 is 3.28. The molecule has 4 nitrogen and oxygen atoms in total. The molecular formula is C12H13BrN4. The molecule has 3 N–H and O–H groups in total. The highest BCUT2D eigenvalue weighted by molar-refractivity contribution is 9.10. The Kier molecular flexibility index (Phi) is 3.58. The van der Waals surface area contributed by atoms with Crippen LogP contribution in [0.2, 0.25) is 0 Å². The minimum atomic E-state index is 0.444. The molecule has 2 aromatic rings. The van der Waals surface area contributed by atoms with Gasteiger partial charge in [0.2, 0.25) is 5.95 Å². The van der Waals surface area contributed by atoms with Crippen molar-refractivity contribution in [3.05, 3.63) is 46.1 Å². The molecule has 1 aromatic carbocycles. The van der Waals surface area contributed by atoms with Crippen LogP contribution in [0.5, 0.6) is 0 Å². The Morgan fingerprint density at radius 2 is 2.06 bits per heavy atom. The van der Waals surface area contributed by atoms with Crippen LogP contribution < -0.4 is 11.1 Å². The van der Waals surface area contributed by atoms with Crippen LogP contribution in [0.25, 0.3) is 0 Å². The highest BCUT2D eigenvalue weighted by Crippen LogP contribution is 2.14. The number of nitrogen functional groups attached to an aromatic ring is 1. The number of nitrogens with zero attached hydrogens (tertiary/aromatic N) is 2. The molecular weight excluding hydrogens is 280 g/mol. The normalized spacial score (nSPS) is 10.2. The number of hydrogen-bond donors (Lipinski definition) is 2. The standard InChI is InChI=1S/C12H13BrN4/c1-8-4-2-3-5-9(8)7-15-12-16-10(13)6-11(14)17-12/h2-6H,7H2,1H3,(H3,14,15,16,17). The highest BCUT2D eigenvalue weighted by atomic mass is 79.9. The van der Waals surface area contributed by atoms with Crippen molar-refractivity contribution in [1.29, 1.82) is 0 Å². The van der Waals surface area contributed by atoms with E-state index in [1.54, 1.807) is 6.07 Å². The lowest BCUT2D eigenvalue weighted by atomic mass is 10.1. The largest absolute Gasteiger partial charge is 0.383 e. The van der Waals surface area contributed by atoms with Crippen LogP contribution in [0.3, 0.4) is 0 Å². The Balaban J connectivity index is 2.10. The predicted molar refractivity (Wildman–Crippen MR) is 72.7 cm³/mol. The SMILES string of the molecule is Cc1ccccc1CNc1nc(N)cc(Br)n1. The summed E-state index contributed by atoms with van der Waals surface area (Å²) in [5.74, 6) is 0.972. The molecule has 0 amide bonds. The van der Waals surface area contributed by atoms with Crippen molar-refractivity contribution in [3.63, 3.8) is 0 Å². The quantitative estimate of drug-likeness (QED) is 0.854. The van der Waals surface area contributed by atoms with Gasteiger partial charge in [-0.25, -0.2) is 4.98 Å². The van der Waals surface area contributed by atoms with E-state index >= 15 is 0 Å². The van der Waals surface area contributed by atoms with Gasteiger partial charge in [0.15, 0.2) is 0 Å². The van der Waals surface area contributed by atoms with Crippen molar-refractivity contribution < 1.29 is 0 Å². The zero-order valence-corrected chi connectivity index (χ0v) is 11.0. The highest BCUT2D eigenvalue weighted by Gasteiger charge is 2.01. The summed E-state index contributed by atoms with van der Waals surface area (Å²) in [5, 5.41) is 3.15. The van der Waals surface area contributed by atoms with E-state index in [-0.39, 0.29) is 0 Å². The number of nitrogens with one attached hydrogen (secondary N) is 1. The summed E-state index contributed by atoms with van der Waals surface area (Å²) in [4.78, 5) is 8.30. The Morgan fingerprint density at radius 3 is 2.76 bits per heavy atom. The summed E-state index contributed by atoms with van der Waals surface area (Å²) in [6.45, 7) is 2.76. The van der Waals surface area contributed by atoms with Crippen LogP contribution in [0.15, 0.2) is 34.9 Å². The van der Waals surface area contributed by atoms with Crippen LogP contribution in [-0.4, -0.2) is 9.97 Å². The van der Waals surface area contributed by atoms with Gasteiger partial charge in [-0.1, -0.05) is 24.3 Å². The molecule has 0 spiro atoms. The van der Waals surface area contributed by atoms with E-state index in [1.165, 1.54) is 11.1 Å². The molecule has 17 heavy (non-hydrogen) atoms. The van der Waals surface area contributed by atoms with Crippen molar-refractivity contribution >= 4 is 27.7 Å². The first-order valence-corrected chi connectivity index (χ1v) is 6.03. The molecule has 1 aromatic heterocycles. The van der Waals surface area contributed by atoms with Crippen molar-refractivity contribution in [3.8, 4) is 0 Å². The first-order valence-electron chi connectivity index (χ1n) is 5.23. The first kappa shape index (κ1) is 11.9. The Labute approximate surface area is 108 Å². The number of rotatable bonds is 3. The van der Waals surface area contributed by atoms with Crippen molar-refractivity contribution in [2.45, 2.75) is 13.5 Å². The second-order valence-electron chi connectivity index (χ2n) is 3.72. The third kappa shape index (κ3) is 3.17. The summed E-state index contributed by atoms with van der Waals surface area (Å²) in [5.41, 5.74) is 8.09.